The van der Waals surface area contributed by atoms with E-state index in [1.165, 1.54) is 6.08 Å². The lowest BCUT2D eigenvalue weighted by Crippen LogP contribution is -2.25. The van der Waals surface area contributed by atoms with E-state index < -0.39 is 0 Å². The topological polar surface area (TPSA) is 47.6 Å². The second-order valence-corrected chi connectivity index (χ2v) is 5.59. The maximum Gasteiger partial charge on any atom is 0.244 e. The third-order valence-electron chi connectivity index (χ3n) is 3.73. The molecule has 1 amide bonds. The molecule has 2 aromatic carbocycles. The molecule has 0 aromatic heterocycles. The fourth-order valence-electron chi connectivity index (χ4n) is 2.45. The van der Waals surface area contributed by atoms with Crippen LogP contribution in [0.25, 0.3) is 6.08 Å². The molecule has 0 fully saturated rings. The summed E-state index contributed by atoms with van der Waals surface area (Å²) in [5.41, 5.74) is 2.99. The molecule has 0 aliphatic carbocycles. The number of carbonyl (C=O) groups excluding carboxylic acids is 1. The minimum Gasteiger partial charge on any atom is -0.497 e. The number of rotatable bonds is 6. The van der Waals surface area contributed by atoms with Crippen molar-refractivity contribution in [1.82, 2.24) is 5.32 Å². The molecule has 4 heteroatoms. The largest absolute Gasteiger partial charge is 0.497 e. The van der Waals surface area contributed by atoms with Crippen LogP contribution < -0.4 is 14.8 Å². The summed E-state index contributed by atoms with van der Waals surface area (Å²) < 4.78 is 10.5. The smallest absolute Gasteiger partial charge is 0.244 e. The molecule has 2 aromatic rings. The minimum absolute atomic E-state index is 0.151. The maximum absolute atomic E-state index is 12.2. The van der Waals surface area contributed by atoms with E-state index in [1.807, 2.05) is 56.3 Å². The summed E-state index contributed by atoms with van der Waals surface area (Å²) in [6.07, 6.45) is 3.28. The van der Waals surface area contributed by atoms with Crippen molar-refractivity contribution < 1.29 is 14.3 Å². The normalized spacial score (nSPS) is 12.0. The number of ether oxygens (including phenoxy) is 2. The summed E-state index contributed by atoms with van der Waals surface area (Å²) in [6, 6.07) is 13.3. The third-order valence-corrected chi connectivity index (χ3v) is 3.73. The number of nitrogens with one attached hydrogen (secondary N) is 1. The van der Waals surface area contributed by atoms with Crippen molar-refractivity contribution in [1.29, 1.82) is 0 Å². The van der Waals surface area contributed by atoms with Crippen LogP contribution in [-0.2, 0) is 4.79 Å². The summed E-state index contributed by atoms with van der Waals surface area (Å²) in [6.45, 7) is 3.95. The fraction of sp³-hybridized carbons (Fsp3) is 0.250. The molecular weight excluding hydrogens is 302 g/mol. The first-order chi connectivity index (χ1) is 11.5. The van der Waals surface area contributed by atoms with Crippen LogP contribution in [0.3, 0.4) is 0 Å². The van der Waals surface area contributed by atoms with Crippen molar-refractivity contribution >= 4 is 12.0 Å². The predicted octanol–water partition coefficient (Wildman–Crippen LogP) is 3.90. The Morgan fingerprint density at radius 1 is 1.12 bits per heavy atom. The minimum atomic E-state index is -0.158. The Morgan fingerprint density at radius 2 is 1.92 bits per heavy atom. The van der Waals surface area contributed by atoms with Gasteiger partial charge < -0.3 is 14.8 Å². The Hall–Kier alpha value is -2.75. The zero-order chi connectivity index (χ0) is 17.5. The van der Waals surface area contributed by atoms with E-state index in [2.05, 4.69) is 5.32 Å². The highest BCUT2D eigenvalue weighted by Gasteiger charge is 2.13. The molecule has 1 unspecified atom stereocenters. The maximum atomic E-state index is 12.2. The molecular formula is C20H23NO3. The monoisotopic (exact) mass is 325 g/mol. The van der Waals surface area contributed by atoms with Crippen LogP contribution in [0.15, 0.2) is 48.5 Å². The van der Waals surface area contributed by atoms with Crippen LogP contribution in [0.5, 0.6) is 11.5 Å². The summed E-state index contributed by atoms with van der Waals surface area (Å²) in [4.78, 5) is 12.2. The molecule has 0 bridgehead atoms. The van der Waals surface area contributed by atoms with Crippen molar-refractivity contribution in [2.24, 2.45) is 0 Å². The second-order valence-electron chi connectivity index (χ2n) is 5.59. The first-order valence-electron chi connectivity index (χ1n) is 7.80. The van der Waals surface area contributed by atoms with Gasteiger partial charge in [-0.2, -0.15) is 0 Å². The number of carbonyl (C=O) groups is 1. The molecule has 1 atom stereocenters. The van der Waals surface area contributed by atoms with Crippen LogP contribution in [-0.4, -0.2) is 20.1 Å². The van der Waals surface area contributed by atoms with Crippen molar-refractivity contribution in [2.45, 2.75) is 19.9 Å². The molecule has 1 N–H and O–H groups in total. The van der Waals surface area contributed by atoms with Gasteiger partial charge >= 0.3 is 0 Å². The van der Waals surface area contributed by atoms with Crippen LogP contribution in [0.4, 0.5) is 0 Å². The molecule has 4 nitrogen and oxygen atoms in total. The Balaban J connectivity index is 2.06. The third kappa shape index (κ3) is 4.62. The molecule has 0 aliphatic heterocycles. The van der Waals surface area contributed by atoms with Crippen LogP contribution in [0.2, 0.25) is 0 Å². The SMILES string of the molecule is COc1cccc(/C=C/C(=O)NC(C)c2cc(C)ccc2OC)c1. The predicted molar refractivity (Wildman–Crippen MR) is 96.3 cm³/mol. The lowest BCUT2D eigenvalue weighted by atomic mass is 10.0. The highest BCUT2D eigenvalue weighted by Crippen LogP contribution is 2.26. The van der Waals surface area contributed by atoms with Crippen molar-refractivity contribution in [2.75, 3.05) is 14.2 Å². The molecule has 0 aliphatic rings. The van der Waals surface area contributed by atoms with Gasteiger partial charge in [-0.05, 0) is 43.7 Å². The Labute approximate surface area is 143 Å². The van der Waals surface area contributed by atoms with E-state index in [0.717, 1.165) is 28.2 Å². The van der Waals surface area contributed by atoms with Crippen molar-refractivity contribution in [3.63, 3.8) is 0 Å². The van der Waals surface area contributed by atoms with E-state index in [4.69, 9.17) is 9.47 Å². The first kappa shape index (κ1) is 17.6. The number of benzene rings is 2. The van der Waals surface area contributed by atoms with E-state index >= 15 is 0 Å². The van der Waals surface area contributed by atoms with Gasteiger partial charge in [0.05, 0.1) is 20.3 Å². The first-order valence-corrected chi connectivity index (χ1v) is 7.80. The Bertz CT molecular complexity index is 737. The molecule has 0 saturated heterocycles. The molecule has 0 heterocycles. The summed E-state index contributed by atoms with van der Waals surface area (Å²) in [5.74, 6) is 1.37. The van der Waals surface area contributed by atoms with Gasteiger partial charge in [-0.3, -0.25) is 4.79 Å². The summed E-state index contributed by atoms with van der Waals surface area (Å²) in [5, 5.41) is 2.96. The Kier molecular flexibility index (Phi) is 6.01. The highest BCUT2D eigenvalue weighted by molar-refractivity contribution is 5.92. The molecule has 2 rings (SSSR count). The zero-order valence-corrected chi connectivity index (χ0v) is 14.5. The average Bonchev–Trinajstić information content (AvgIpc) is 2.60. The molecule has 24 heavy (non-hydrogen) atoms. The van der Waals surface area contributed by atoms with Gasteiger partial charge in [0.15, 0.2) is 0 Å². The van der Waals surface area contributed by atoms with Gasteiger partial charge in [0.25, 0.3) is 0 Å². The van der Waals surface area contributed by atoms with E-state index in [1.54, 1.807) is 20.3 Å². The second kappa shape index (κ2) is 8.20. The lowest BCUT2D eigenvalue weighted by molar-refractivity contribution is -0.117. The molecule has 0 spiro atoms. The van der Waals surface area contributed by atoms with E-state index in [9.17, 15) is 4.79 Å². The van der Waals surface area contributed by atoms with Gasteiger partial charge in [-0.15, -0.1) is 0 Å². The standard InChI is InChI=1S/C20H23NO3/c1-14-8-10-19(24-4)18(12-14)15(2)21-20(22)11-9-16-6-5-7-17(13-16)23-3/h5-13,15H,1-4H3,(H,21,22)/b11-9+. The number of aryl methyl sites for hydroxylation is 1. The molecule has 0 radical (unpaired) electrons. The van der Waals surface area contributed by atoms with Gasteiger partial charge in [0.1, 0.15) is 11.5 Å². The van der Waals surface area contributed by atoms with Gasteiger partial charge in [0.2, 0.25) is 5.91 Å². The van der Waals surface area contributed by atoms with Crippen molar-refractivity contribution in [3.05, 3.63) is 65.2 Å². The fourth-order valence-corrected chi connectivity index (χ4v) is 2.45. The summed E-state index contributed by atoms with van der Waals surface area (Å²) in [7, 11) is 3.25. The number of hydrogen-bond acceptors (Lipinski definition) is 3. The molecule has 126 valence electrons. The lowest BCUT2D eigenvalue weighted by Gasteiger charge is -2.17. The van der Waals surface area contributed by atoms with Gasteiger partial charge in [-0.1, -0.05) is 29.8 Å². The number of amides is 1. The number of hydrogen-bond donors (Lipinski definition) is 1. The van der Waals surface area contributed by atoms with Gasteiger partial charge in [-0.25, -0.2) is 0 Å². The zero-order valence-electron chi connectivity index (χ0n) is 14.5. The molecule has 0 saturated carbocycles. The van der Waals surface area contributed by atoms with E-state index in [-0.39, 0.29) is 11.9 Å². The van der Waals surface area contributed by atoms with Crippen LogP contribution in [0.1, 0.15) is 29.7 Å². The van der Waals surface area contributed by atoms with Crippen LogP contribution in [0, 0.1) is 6.92 Å². The quantitative estimate of drug-likeness (QED) is 0.819. The average molecular weight is 325 g/mol. The van der Waals surface area contributed by atoms with Crippen LogP contribution >= 0.6 is 0 Å². The van der Waals surface area contributed by atoms with Crippen molar-refractivity contribution in [3.8, 4) is 11.5 Å². The van der Waals surface area contributed by atoms with Gasteiger partial charge in [0, 0.05) is 11.6 Å². The van der Waals surface area contributed by atoms with E-state index in [0.29, 0.717) is 0 Å². The highest BCUT2D eigenvalue weighted by atomic mass is 16.5. The Morgan fingerprint density at radius 3 is 2.62 bits per heavy atom. The summed E-state index contributed by atoms with van der Waals surface area (Å²) >= 11 is 0. The number of methoxy groups -OCH3 is 2.